The number of rotatable bonds is 3. The molecule has 1 aliphatic rings. The molecular formula is C13H22N2O5. The zero-order chi connectivity index (χ0) is 15.3. The van der Waals surface area contributed by atoms with E-state index in [0.29, 0.717) is 12.8 Å². The van der Waals surface area contributed by atoms with Crippen molar-refractivity contribution in [1.82, 2.24) is 10.4 Å². The van der Waals surface area contributed by atoms with Crippen LogP contribution in [0.25, 0.3) is 0 Å². The van der Waals surface area contributed by atoms with E-state index in [4.69, 9.17) is 0 Å². The second kappa shape index (κ2) is 7.12. The van der Waals surface area contributed by atoms with Crippen molar-refractivity contribution >= 4 is 18.0 Å². The number of hydrogen-bond donors (Lipinski definition) is 2. The Labute approximate surface area is 118 Å². The third-order valence-corrected chi connectivity index (χ3v) is 3.55. The molecule has 0 saturated heterocycles. The van der Waals surface area contributed by atoms with Gasteiger partial charge in [-0.15, -0.1) is 0 Å². The van der Waals surface area contributed by atoms with Crippen molar-refractivity contribution < 1.29 is 24.2 Å². The Morgan fingerprint density at radius 3 is 2.20 bits per heavy atom. The quantitative estimate of drug-likeness (QED) is 0.764. The maximum absolute atomic E-state index is 12.5. The second-order valence-corrected chi connectivity index (χ2v) is 5.24. The lowest BCUT2D eigenvalue weighted by atomic mass is 9.78. The topological polar surface area (TPSA) is 95.9 Å². The molecule has 7 heteroatoms. The Hall–Kier alpha value is -1.79. The molecule has 20 heavy (non-hydrogen) atoms. The molecule has 0 aromatic rings. The first-order valence-electron chi connectivity index (χ1n) is 6.79. The number of nitrogens with one attached hydrogen (secondary N) is 1. The fourth-order valence-corrected chi connectivity index (χ4v) is 2.48. The minimum atomic E-state index is -0.954. The van der Waals surface area contributed by atoms with Crippen molar-refractivity contribution in [3.63, 3.8) is 0 Å². The minimum absolute atomic E-state index is 0.280. The number of nitrogens with zero attached hydrogens (tertiary/aromatic N) is 1. The van der Waals surface area contributed by atoms with Crippen LogP contribution in [0.15, 0.2) is 0 Å². The lowest BCUT2D eigenvalue weighted by molar-refractivity contribution is -0.154. The summed E-state index contributed by atoms with van der Waals surface area (Å²) in [6, 6.07) is -0.280. The fourth-order valence-electron chi connectivity index (χ4n) is 2.48. The lowest BCUT2D eigenvalue weighted by Crippen LogP contribution is -2.54. The smallest absolute Gasteiger partial charge is 0.425 e. The lowest BCUT2D eigenvalue weighted by Gasteiger charge is -2.34. The van der Waals surface area contributed by atoms with E-state index < -0.39 is 23.9 Å². The number of methoxy groups -OCH3 is 1. The second-order valence-electron chi connectivity index (χ2n) is 5.24. The van der Waals surface area contributed by atoms with E-state index in [2.05, 4.69) is 10.2 Å². The molecule has 1 saturated carbocycles. The summed E-state index contributed by atoms with van der Waals surface area (Å²) in [7, 11) is 1.21. The summed E-state index contributed by atoms with van der Waals surface area (Å²) in [6.07, 6.45) is 1.92. The third kappa shape index (κ3) is 3.85. The molecule has 7 nitrogen and oxygen atoms in total. The van der Waals surface area contributed by atoms with E-state index in [1.54, 1.807) is 13.8 Å². The summed E-state index contributed by atoms with van der Waals surface area (Å²) < 4.78 is 4.48. The number of aliphatic carboxylic acids is 1. The summed E-state index contributed by atoms with van der Waals surface area (Å²) in [5.41, 5.74) is 2.35. The van der Waals surface area contributed by atoms with Gasteiger partial charge in [-0.1, -0.05) is 12.8 Å². The Kier molecular flexibility index (Phi) is 5.79. The van der Waals surface area contributed by atoms with E-state index in [-0.39, 0.29) is 11.9 Å². The highest BCUT2D eigenvalue weighted by Gasteiger charge is 2.39. The van der Waals surface area contributed by atoms with Gasteiger partial charge >= 0.3 is 12.1 Å². The molecule has 0 bridgehead atoms. The maximum atomic E-state index is 12.5. The van der Waals surface area contributed by atoms with Gasteiger partial charge in [-0.05, 0) is 26.7 Å². The van der Waals surface area contributed by atoms with Crippen LogP contribution in [0.3, 0.4) is 0 Å². The molecule has 0 unspecified atom stereocenters. The van der Waals surface area contributed by atoms with Crippen LogP contribution in [0.2, 0.25) is 0 Å². The Balaban J connectivity index is 2.86. The molecule has 0 aliphatic heterocycles. The van der Waals surface area contributed by atoms with E-state index in [9.17, 15) is 19.5 Å². The summed E-state index contributed by atoms with van der Waals surface area (Å²) in [5.74, 6) is -2.60. The molecular weight excluding hydrogens is 264 g/mol. The summed E-state index contributed by atoms with van der Waals surface area (Å²) in [6.45, 7) is 3.49. The SMILES string of the molecule is COC(=O)NN(C(=O)[C@H]1CCCC[C@@H]1C(=O)O)C(C)C. The molecule has 0 radical (unpaired) electrons. The van der Waals surface area contributed by atoms with Crippen molar-refractivity contribution in [2.24, 2.45) is 11.8 Å². The van der Waals surface area contributed by atoms with Gasteiger partial charge in [0.2, 0.25) is 5.91 Å². The maximum Gasteiger partial charge on any atom is 0.425 e. The highest BCUT2D eigenvalue weighted by Crippen LogP contribution is 2.31. The number of ether oxygens (including phenoxy) is 1. The molecule has 2 N–H and O–H groups in total. The van der Waals surface area contributed by atoms with Gasteiger partial charge in [0.15, 0.2) is 0 Å². The number of carbonyl (C=O) groups is 3. The molecule has 1 fully saturated rings. The van der Waals surface area contributed by atoms with Crippen LogP contribution in [0.5, 0.6) is 0 Å². The zero-order valence-electron chi connectivity index (χ0n) is 12.1. The number of hydrogen-bond acceptors (Lipinski definition) is 4. The van der Waals surface area contributed by atoms with E-state index in [0.717, 1.165) is 17.9 Å². The number of amides is 2. The number of carbonyl (C=O) groups excluding carboxylic acids is 2. The van der Waals surface area contributed by atoms with E-state index >= 15 is 0 Å². The average Bonchev–Trinajstić information content (AvgIpc) is 2.43. The normalized spacial score (nSPS) is 22.2. The average molecular weight is 286 g/mol. The molecule has 0 aromatic heterocycles. The standard InChI is InChI=1S/C13H22N2O5/c1-8(2)15(14-13(19)20-3)11(16)9-6-4-5-7-10(9)12(17)18/h8-10H,4-7H2,1-3H3,(H,14,19)(H,17,18)/t9-,10-/m0/s1. The van der Waals surface area contributed by atoms with E-state index in [1.165, 1.54) is 7.11 Å². The van der Waals surface area contributed by atoms with Crippen molar-refractivity contribution in [3.05, 3.63) is 0 Å². The zero-order valence-corrected chi connectivity index (χ0v) is 12.1. The van der Waals surface area contributed by atoms with Crippen LogP contribution >= 0.6 is 0 Å². The minimum Gasteiger partial charge on any atom is -0.481 e. The number of hydrazine groups is 1. The highest BCUT2D eigenvalue weighted by molar-refractivity contribution is 5.86. The Morgan fingerprint density at radius 2 is 1.75 bits per heavy atom. The first kappa shape index (κ1) is 16.3. The van der Waals surface area contributed by atoms with Crippen LogP contribution in [0.1, 0.15) is 39.5 Å². The van der Waals surface area contributed by atoms with Gasteiger partial charge in [0.05, 0.1) is 18.9 Å². The van der Waals surface area contributed by atoms with Crippen LogP contribution in [-0.4, -0.2) is 41.2 Å². The Bertz CT molecular complexity index is 383. The molecule has 1 aliphatic carbocycles. The number of carboxylic acids is 1. The molecule has 1 rings (SSSR count). The fraction of sp³-hybridized carbons (Fsp3) is 0.769. The Morgan fingerprint density at radius 1 is 1.20 bits per heavy atom. The molecule has 0 aromatic carbocycles. The largest absolute Gasteiger partial charge is 0.481 e. The van der Waals surface area contributed by atoms with E-state index in [1.807, 2.05) is 0 Å². The van der Waals surface area contributed by atoms with Gasteiger partial charge in [-0.2, -0.15) is 0 Å². The molecule has 2 amide bonds. The van der Waals surface area contributed by atoms with Crippen molar-refractivity contribution in [3.8, 4) is 0 Å². The molecule has 0 spiro atoms. The van der Waals surface area contributed by atoms with Gasteiger partial charge in [0.1, 0.15) is 0 Å². The first-order chi connectivity index (χ1) is 9.38. The predicted octanol–water partition coefficient (Wildman–Crippen LogP) is 1.39. The summed E-state index contributed by atoms with van der Waals surface area (Å²) in [5, 5.41) is 10.4. The van der Waals surface area contributed by atoms with Gasteiger partial charge in [-0.3, -0.25) is 9.59 Å². The van der Waals surface area contributed by atoms with Crippen LogP contribution in [0.4, 0.5) is 4.79 Å². The van der Waals surface area contributed by atoms with Gasteiger partial charge in [0, 0.05) is 6.04 Å². The van der Waals surface area contributed by atoms with Crippen LogP contribution in [-0.2, 0) is 14.3 Å². The molecule has 0 heterocycles. The van der Waals surface area contributed by atoms with Crippen molar-refractivity contribution in [1.29, 1.82) is 0 Å². The predicted molar refractivity (Wildman–Crippen MR) is 70.6 cm³/mol. The number of carboxylic acid groups (broad SMARTS) is 1. The summed E-state index contributed by atoms with van der Waals surface area (Å²) >= 11 is 0. The summed E-state index contributed by atoms with van der Waals surface area (Å²) in [4.78, 5) is 35.0. The van der Waals surface area contributed by atoms with Gasteiger partial charge in [0.25, 0.3) is 0 Å². The van der Waals surface area contributed by atoms with Gasteiger partial charge in [-0.25, -0.2) is 15.2 Å². The molecule has 2 atom stereocenters. The van der Waals surface area contributed by atoms with Crippen molar-refractivity contribution in [2.45, 2.75) is 45.6 Å². The first-order valence-corrected chi connectivity index (χ1v) is 6.79. The monoisotopic (exact) mass is 286 g/mol. The van der Waals surface area contributed by atoms with Gasteiger partial charge < -0.3 is 9.84 Å². The highest BCUT2D eigenvalue weighted by atomic mass is 16.5. The van der Waals surface area contributed by atoms with Crippen LogP contribution < -0.4 is 5.43 Å². The van der Waals surface area contributed by atoms with Crippen molar-refractivity contribution in [2.75, 3.05) is 7.11 Å². The third-order valence-electron chi connectivity index (χ3n) is 3.55. The molecule has 114 valence electrons. The van der Waals surface area contributed by atoms with Crippen LogP contribution in [0, 0.1) is 11.8 Å².